The van der Waals surface area contributed by atoms with E-state index in [2.05, 4.69) is 47.6 Å². The molecule has 0 saturated carbocycles. The molecule has 0 spiro atoms. The molecule has 0 amide bonds. The van der Waals surface area contributed by atoms with Crippen molar-refractivity contribution in [1.82, 2.24) is 0 Å². The lowest BCUT2D eigenvalue weighted by atomic mass is 9.98. The smallest absolute Gasteiger partial charge is 0.360 e. The number of esters is 1. The van der Waals surface area contributed by atoms with Gasteiger partial charge in [-0.1, -0.05) is 71.0 Å². The Labute approximate surface area is 194 Å². The summed E-state index contributed by atoms with van der Waals surface area (Å²) in [4.78, 5) is 22.8. The summed E-state index contributed by atoms with van der Waals surface area (Å²) in [5, 5.41) is 8.20. The van der Waals surface area contributed by atoms with Crippen LogP contribution in [0.15, 0.2) is 77.0 Å². The number of rotatable bonds is 8. The van der Waals surface area contributed by atoms with Crippen LogP contribution in [0.4, 0.5) is 0 Å². The van der Waals surface area contributed by atoms with Gasteiger partial charge in [-0.05, 0) is 54.7 Å². The quantitative estimate of drug-likeness (QED) is 0.264. The van der Waals surface area contributed by atoms with Crippen LogP contribution in [0.25, 0.3) is 11.1 Å². The highest BCUT2D eigenvalue weighted by Crippen LogP contribution is 2.23. The van der Waals surface area contributed by atoms with Crippen molar-refractivity contribution in [3.63, 3.8) is 0 Å². The standard InChI is InChI=1S/C27H28N2O4/c1-18-14-22(16-23(15-18)21-11-7-6-8-12-21)20(3)28-33-17-25-19(2)10-9-13-24(25)26(29-32-5)27(30)31-4/h6-16H,17H2,1-5H3/b28-20+,29-26+. The summed E-state index contributed by atoms with van der Waals surface area (Å²) in [5.41, 5.74) is 7.53. The minimum atomic E-state index is -0.586. The van der Waals surface area contributed by atoms with Crippen molar-refractivity contribution < 1.29 is 19.2 Å². The summed E-state index contributed by atoms with van der Waals surface area (Å²) < 4.78 is 4.86. The van der Waals surface area contributed by atoms with Crippen LogP contribution in [0.5, 0.6) is 0 Å². The number of hydrogen-bond acceptors (Lipinski definition) is 6. The maximum atomic E-state index is 12.2. The molecule has 0 N–H and O–H groups in total. The Morgan fingerprint density at radius 1 is 0.879 bits per heavy atom. The highest BCUT2D eigenvalue weighted by atomic mass is 16.6. The number of carbonyl (C=O) groups excluding carboxylic acids is 1. The lowest BCUT2D eigenvalue weighted by Crippen LogP contribution is -2.20. The Kier molecular flexibility index (Phi) is 7.97. The summed E-state index contributed by atoms with van der Waals surface area (Å²) in [6, 6.07) is 22.1. The summed E-state index contributed by atoms with van der Waals surface area (Å²) in [6.45, 7) is 6.07. The monoisotopic (exact) mass is 444 g/mol. The molecule has 3 rings (SSSR count). The van der Waals surface area contributed by atoms with Gasteiger partial charge in [0.1, 0.15) is 13.7 Å². The molecule has 0 heterocycles. The van der Waals surface area contributed by atoms with Crippen LogP contribution in [0, 0.1) is 13.8 Å². The van der Waals surface area contributed by atoms with E-state index in [9.17, 15) is 4.79 Å². The van der Waals surface area contributed by atoms with Gasteiger partial charge in [-0.2, -0.15) is 0 Å². The number of hydrogen-bond donors (Lipinski definition) is 0. The Balaban J connectivity index is 1.86. The second-order valence-electron chi connectivity index (χ2n) is 7.62. The van der Waals surface area contributed by atoms with Gasteiger partial charge in [-0.15, -0.1) is 0 Å². The van der Waals surface area contributed by atoms with Gasteiger partial charge in [0.15, 0.2) is 5.71 Å². The van der Waals surface area contributed by atoms with Crippen molar-refractivity contribution in [3.8, 4) is 11.1 Å². The Morgan fingerprint density at radius 3 is 2.33 bits per heavy atom. The van der Waals surface area contributed by atoms with Crippen molar-refractivity contribution >= 4 is 17.4 Å². The van der Waals surface area contributed by atoms with Crippen molar-refractivity contribution in [2.75, 3.05) is 14.2 Å². The van der Waals surface area contributed by atoms with Crippen molar-refractivity contribution in [2.24, 2.45) is 10.3 Å². The summed E-state index contributed by atoms with van der Waals surface area (Å²) in [6.07, 6.45) is 0. The summed E-state index contributed by atoms with van der Waals surface area (Å²) in [7, 11) is 2.69. The van der Waals surface area contributed by atoms with E-state index in [0.29, 0.717) is 5.56 Å². The molecule has 6 nitrogen and oxygen atoms in total. The summed E-state index contributed by atoms with van der Waals surface area (Å²) in [5.74, 6) is -0.586. The van der Waals surface area contributed by atoms with E-state index in [0.717, 1.165) is 39.1 Å². The van der Waals surface area contributed by atoms with Crippen LogP contribution in [-0.4, -0.2) is 31.6 Å². The lowest BCUT2D eigenvalue weighted by molar-refractivity contribution is -0.132. The summed E-state index contributed by atoms with van der Waals surface area (Å²) >= 11 is 0. The zero-order valence-corrected chi connectivity index (χ0v) is 19.6. The van der Waals surface area contributed by atoms with Gasteiger partial charge in [-0.25, -0.2) is 4.79 Å². The van der Waals surface area contributed by atoms with Crippen molar-refractivity contribution in [2.45, 2.75) is 27.4 Å². The lowest BCUT2D eigenvalue weighted by Gasteiger charge is -2.13. The van der Waals surface area contributed by atoms with E-state index in [4.69, 9.17) is 14.4 Å². The Bertz CT molecular complexity index is 1180. The second-order valence-corrected chi connectivity index (χ2v) is 7.62. The molecule has 0 aliphatic carbocycles. The first kappa shape index (κ1) is 23.7. The maximum Gasteiger partial charge on any atom is 0.360 e. The van der Waals surface area contributed by atoms with Crippen LogP contribution >= 0.6 is 0 Å². The fourth-order valence-corrected chi connectivity index (χ4v) is 3.54. The Morgan fingerprint density at radius 2 is 1.64 bits per heavy atom. The van der Waals surface area contributed by atoms with Crippen LogP contribution in [0.3, 0.4) is 0 Å². The van der Waals surface area contributed by atoms with Gasteiger partial charge in [0.2, 0.25) is 0 Å². The van der Waals surface area contributed by atoms with Gasteiger partial charge in [0.05, 0.1) is 12.8 Å². The van der Waals surface area contributed by atoms with E-state index in [1.165, 1.54) is 14.2 Å². The van der Waals surface area contributed by atoms with Crippen LogP contribution in [0.1, 0.15) is 34.7 Å². The molecular weight excluding hydrogens is 416 g/mol. The number of methoxy groups -OCH3 is 1. The average Bonchev–Trinajstić information content (AvgIpc) is 2.83. The largest absolute Gasteiger partial charge is 0.464 e. The SMILES string of the molecule is CO/N=C(/C(=O)OC)c1cccc(C)c1CO/N=C(\C)c1cc(C)cc(-c2ccccc2)c1. The number of aryl methyl sites for hydroxylation is 2. The molecule has 0 fully saturated rings. The van der Waals surface area contributed by atoms with Crippen LogP contribution in [-0.2, 0) is 25.8 Å². The topological polar surface area (TPSA) is 69.5 Å². The predicted octanol–water partition coefficient (Wildman–Crippen LogP) is 5.43. The van der Waals surface area contributed by atoms with E-state index in [-0.39, 0.29) is 12.3 Å². The number of ether oxygens (including phenoxy) is 1. The zero-order valence-electron chi connectivity index (χ0n) is 19.6. The minimum absolute atomic E-state index is 0.0780. The fraction of sp³-hybridized carbons (Fsp3) is 0.222. The molecule has 33 heavy (non-hydrogen) atoms. The Hall–Kier alpha value is -3.93. The highest BCUT2D eigenvalue weighted by Gasteiger charge is 2.20. The third kappa shape index (κ3) is 5.86. The number of oxime groups is 2. The van der Waals surface area contributed by atoms with Crippen LogP contribution < -0.4 is 0 Å². The highest BCUT2D eigenvalue weighted by molar-refractivity contribution is 6.43. The maximum absolute atomic E-state index is 12.2. The van der Waals surface area contributed by atoms with Crippen molar-refractivity contribution in [3.05, 3.63) is 94.5 Å². The molecule has 0 radical (unpaired) electrons. The van der Waals surface area contributed by atoms with Gasteiger partial charge >= 0.3 is 5.97 Å². The molecule has 0 unspecified atom stereocenters. The molecule has 0 aromatic heterocycles. The first-order valence-electron chi connectivity index (χ1n) is 10.6. The number of carbonyl (C=O) groups is 1. The van der Waals surface area contributed by atoms with Gasteiger partial charge in [0, 0.05) is 11.1 Å². The molecule has 3 aromatic carbocycles. The third-order valence-electron chi connectivity index (χ3n) is 5.24. The van der Waals surface area contributed by atoms with Gasteiger partial charge in [0.25, 0.3) is 0 Å². The normalized spacial score (nSPS) is 11.8. The first-order chi connectivity index (χ1) is 15.9. The van der Waals surface area contributed by atoms with Crippen molar-refractivity contribution in [1.29, 1.82) is 0 Å². The third-order valence-corrected chi connectivity index (χ3v) is 5.24. The molecule has 0 atom stereocenters. The molecule has 0 bridgehead atoms. The molecule has 0 saturated heterocycles. The molecule has 6 heteroatoms. The van der Waals surface area contributed by atoms with Crippen LogP contribution in [0.2, 0.25) is 0 Å². The second kappa shape index (κ2) is 11.1. The molecular formula is C27H28N2O4. The van der Waals surface area contributed by atoms with E-state index < -0.39 is 5.97 Å². The van der Waals surface area contributed by atoms with E-state index in [1.54, 1.807) is 6.07 Å². The zero-order chi connectivity index (χ0) is 23.8. The van der Waals surface area contributed by atoms with E-state index in [1.807, 2.05) is 44.2 Å². The number of benzene rings is 3. The van der Waals surface area contributed by atoms with Gasteiger partial charge in [-0.3, -0.25) is 0 Å². The van der Waals surface area contributed by atoms with Gasteiger partial charge < -0.3 is 14.4 Å². The predicted molar refractivity (Wildman–Crippen MR) is 130 cm³/mol. The number of nitrogens with zero attached hydrogens (tertiary/aromatic N) is 2. The average molecular weight is 445 g/mol. The molecule has 0 aliphatic rings. The van der Waals surface area contributed by atoms with E-state index >= 15 is 0 Å². The molecule has 0 aliphatic heterocycles. The first-order valence-corrected chi connectivity index (χ1v) is 10.6. The fourth-order valence-electron chi connectivity index (χ4n) is 3.54. The molecule has 3 aromatic rings. The molecule has 170 valence electrons. The minimum Gasteiger partial charge on any atom is -0.464 e.